The molecule has 0 unspecified atom stereocenters. The molecule has 0 atom stereocenters. The van der Waals surface area contributed by atoms with Crippen molar-refractivity contribution in [3.63, 3.8) is 0 Å². The van der Waals surface area contributed by atoms with E-state index in [4.69, 9.17) is 4.74 Å². The molecule has 1 nitrogen and oxygen atoms in total. The molecule has 0 heterocycles. The standard InChI is InChI=1S/C11H15FO/c1-8(2)10-5-4-9(7-12)6-11(10)13-3/h4-6,8H,7H2,1-3H3. The molecule has 1 aromatic rings. The van der Waals surface area contributed by atoms with E-state index in [9.17, 15) is 4.39 Å². The number of hydrogen-bond acceptors (Lipinski definition) is 1. The summed E-state index contributed by atoms with van der Waals surface area (Å²) < 4.78 is 17.5. The zero-order valence-electron chi connectivity index (χ0n) is 8.30. The molecule has 0 fully saturated rings. The quantitative estimate of drug-likeness (QED) is 0.697. The highest BCUT2D eigenvalue weighted by molar-refractivity contribution is 5.39. The number of hydrogen-bond donors (Lipinski definition) is 0. The smallest absolute Gasteiger partial charge is 0.122 e. The molecule has 0 aliphatic carbocycles. The summed E-state index contributed by atoms with van der Waals surface area (Å²) in [7, 11) is 1.61. The predicted molar refractivity (Wildman–Crippen MR) is 51.9 cm³/mol. The van der Waals surface area contributed by atoms with Crippen LogP contribution in [0.25, 0.3) is 0 Å². The molecule has 0 bridgehead atoms. The van der Waals surface area contributed by atoms with E-state index in [1.807, 2.05) is 6.07 Å². The van der Waals surface area contributed by atoms with Gasteiger partial charge in [-0.3, -0.25) is 0 Å². The number of rotatable bonds is 3. The van der Waals surface area contributed by atoms with Crippen LogP contribution in [0, 0.1) is 0 Å². The van der Waals surface area contributed by atoms with E-state index in [1.54, 1.807) is 19.2 Å². The highest BCUT2D eigenvalue weighted by Crippen LogP contribution is 2.27. The monoisotopic (exact) mass is 182 g/mol. The predicted octanol–water partition coefficient (Wildman–Crippen LogP) is 3.29. The van der Waals surface area contributed by atoms with Crippen LogP contribution in [-0.2, 0) is 6.67 Å². The van der Waals surface area contributed by atoms with Gasteiger partial charge in [0.2, 0.25) is 0 Å². The molecule has 72 valence electrons. The minimum atomic E-state index is -0.436. The minimum Gasteiger partial charge on any atom is -0.496 e. The number of halogens is 1. The molecular weight excluding hydrogens is 167 g/mol. The van der Waals surface area contributed by atoms with E-state index < -0.39 is 6.67 Å². The lowest BCUT2D eigenvalue weighted by Crippen LogP contribution is -1.95. The molecule has 0 spiro atoms. The van der Waals surface area contributed by atoms with E-state index in [0.717, 1.165) is 11.3 Å². The Morgan fingerprint density at radius 3 is 2.54 bits per heavy atom. The second-order valence-corrected chi connectivity index (χ2v) is 3.36. The third-order valence-corrected chi connectivity index (χ3v) is 2.07. The topological polar surface area (TPSA) is 9.23 Å². The lowest BCUT2D eigenvalue weighted by atomic mass is 10.0. The molecule has 1 rings (SSSR count). The highest BCUT2D eigenvalue weighted by Gasteiger charge is 2.07. The number of benzene rings is 1. The fourth-order valence-electron chi connectivity index (χ4n) is 1.32. The van der Waals surface area contributed by atoms with Crippen molar-refractivity contribution >= 4 is 0 Å². The Morgan fingerprint density at radius 1 is 1.38 bits per heavy atom. The normalized spacial score (nSPS) is 10.5. The van der Waals surface area contributed by atoms with E-state index in [-0.39, 0.29) is 0 Å². The van der Waals surface area contributed by atoms with Gasteiger partial charge in [0.1, 0.15) is 12.4 Å². The first kappa shape index (κ1) is 10.0. The van der Waals surface area contributed by atoms with Crippen LogP contribution in [0.1, 0.15) is 30.9 Å². The summed E-state index contributed by atoms with van der Waals surface area (Å²) in [5.41, 5.74) is 1.79. The van der Waals surface area contributed by atoms with E-state index >= 15 is 0 Å². The van der Waals surface area contributed by atoms with Gasteiger partial charge in [-0.1, -0.05) is 26.0 Å². The minimum absolute atomic E-state index is 0.406. The van der Waals surface area contributed by atoms with Crippen molar-refractivity contribution in [2.45, 2.75) is 26.4 Å². The molecule has 0 saturated carbocycles. The number of methoxy groups -OCH3 is 1. The molecule has 0 saturated heterocycles. The molecule has 0 amide bonds. The van der Waals surface area contributed by atoms with Crippen molar-refractivity contribution in [2.75, 3.05) is 7.11 Å². The summed E-state index contributed by atoms with van der Waals surface area (Å²) in [4.78, 5) is 0. The van der Waals surface area contributed by atoms with Gasteiger partial charge in [-0.05, 0) is 23.1 Å². The maximum atomic E-state index is 12.3. The second kappa shape index (κ2) is 4.26. The second-order valence-electron chi connectivity index (χ2n) is 3.36. The summed E-state index contributed by atoms with van der Waals surface area (Å²) in [6.07, 6.45) is 0. The first-order valence-electron chi connectivity index (χ1n) is 4.41. The van der Waals surface area contributed by atoms with E-state index in [2.05, 4.69) is 13.8 Å². The van der Waals surface area contributed by atoms with Crippen LogP contribution in [0.15, 0.2) is 18.2 Å². The summed E-state index contributed by atoms with van der Waals surface area (Å²) in [5, 5.41) is 0. The molecule has 0 radical (unpaired) electrons. The van der Waals surface area contributed by atoms with Crippen molar-refractivity contribution in [1.29, 1.82) is 0 Å². The van der Waals surface area contributed by atoms with Crippen LogP contribution in [0.5, 0.6) is 5.75 Å². The van der Waals surface area contributed by atoms with Crippen LogP contribution in [0.4, 0.5) is 4.39 Å². The lowest BCUT2D eigenvalue weighted by Gasteiger charge is -2.12. The third kappa shape index (κ3) is 2.20. The summed E-state index contributed by atoms with van der Waals surface area (Å²) in [6.45, 7) is 3.74. The Balaban J connectivity index is 3.08. The molecule has 0 aliphatic heterocycles. The third-order valence-electron chi connectivity index (χ3n) is 2.07. The fourth-order valence-corrected chi connectivity index (χ4v) is 1.32. The first-order valence-corrected chi connectivity index (χ1v) is 4.41. The van der Waals surface area contributed by atoms with Gasteiger partial charge in [0.15, 0.2) is 0 Å². The first-order chi connectivity index (χ1) is 6.19. The Hall–Kier alpha value is -1.05. The molecule has 2 heteroatoms. The summed E-state index contributed by atoms with van der Waals surface area (Å²) in [6, 6.07) is 5.49. The zero-order valence-corrected chi connectivity index (χ0v) is 8.30. The van der Waals surface area contributed by atoms with E-state index in [1.165, 1.54) is 0 Å². The van der Waals surface area contributed by atoms with Gasteiger partial charge in [-0.15, -0.1) is 0 Å². The molecule has 1 aromatic carbocycles. The Kier molecular flexibility index (Phi) is 3.29. The molecule has 13 heavy (non-hydrogen) atoms. The van der Waals surface area contributed by atoms with Crippen molar-refractivity contribution in [2.24, 2.45) is 0 Å². The van der Waals surface area contributed by atoms with Crippen molar-refractivity contribution < 1.29 is 9.13 Å². The largest absolute Gasteiger partial charge is 0.496 e. The van der Waals surface area contributed by atoms with Crippen molar-refractivity contribution in [3.8, 4) is 5.75 Å². The van der Waals surface area contributed by atoms with Gasteiger partial charge >= 0.3 is 0 Å². The van der Waals surface area contributed by atoms with Gasteiger partial charge in [-0.2, -0.15) is 0 Å². The molecule has 0 aromatic heterocycles. The van der Waals surface area contributed by atoms with Gasteiger partial charge in [0, 0.05) is 0 Å². The Morgan fingerprint density at radius 2 is 2.08 bits per heavy atom. The van der Waals surface area contributed by atoms with Crippen LogP contribution < -0.4 is 4.74 Å². The molecular formula is C11H15FO. The zero-order chi connectivity index (χ0) is 9.84. The maximum Gasteiger partial charge on any atom is 0.122 e. The Bertz CT molecular complexity index is 281. The van der Waals surface area contributed by atoms with Gasteiger partial charge in [0.05, 0.1) is 7.11 Å². The summed E-state index contributed by atoms with van der Waals surface area (Å²) in [5.74, 6) is 1.19. The maximum absolute atomic E-state index is 12.3. The SMILES string of the molecule is COc1cc(CF)ccc1C(C)C. The average molecular weight is 182 g/mol. The van der Waals surface area contributed by atoms with Gasteiger partial charge < -0.3 is 4.74 Å². The Labute approximate surface area is 78.5 Å². The highest BCUT2D eigenvalue weighted by atomic mass is 19.1. The van der Waals surface area contributed by atoms with Gasteiger partial charge in [0.25, 0.3) is 0 Å². The average Bonchev–Trinajstić information content (AvgIpc) is 2.16. The van der Waals surface area contributed by atoms with Gasteiger partial charge in [-0.25, -0.2) is 4.39 Å². The number of ether oxygens (including phenoxy) is 1. The fraction of sp³-hybridized carbons (Fsp3) is 0.455. The van der Waals surface area contributed by atoms with Crippen LogP contribution in [0.3, 0.4) is 0 Å². The summed E-state index contributed by atoms with van der Waals surface area (Å²) >= 11 is 0. The van der Waals surface area contributed by atoms with Crippen molar-refractivity contribution in [1.82, 2.24) is 0 Å². The lowest BCUT2D eigenvalue weighted by molar-refractivity contribution is 0.404. The van der Waals surface area contributed by atoms with Crippen molar-refractivity contribution in [3.05, 3.63) is 29.3 Å². The van der Waals surface area contributed by atoms with Crippen LogP contribution >= 0.6 is 0 Å². The molecule has 0 N–H and O–H groups in total. The van der Waals surface area contributed by atoms with Crippen LogP contribution in [0.2, 0.25) is 0 Å². The molecule has 0 aliphatic rings. The van der Waals surface area contributed by atoms with Crippen LogP contribution in [-0.4, -0.2) is 7.11 Å². The van der Waals surface area contributed by atoms with E-state index in [0.29, 0.717) is 11.5 Å². The number of alkyl halides is 1.